The van der Waals surface area contributed by atoms with Gasteiger partial charge in [0, 0.05) is 42.8 Å². The van der Waals surface area contributed by atoms with Gasteiger partial charge in [-0.1, -0.05) is 18.2 Å². The first kappa shape index (κ1) is 19.3. The molecule has 1 fully saturated rings. The number of amides is 1. The maximum absolute atomic E-state index is 12.9. The van der Waals surface area contributed by atoms with Crippen molar-refractivity contribution in [1.29, 1.82) is 0 Å². The summed E-state index contributed by atoms with van der Waals surface area (Å²) in [6, 6.07) is 16.0. The molecule has 0 N–H and O–H groups in total. The van der Waals surface area contributed by atoms with Gasteiger partial charge in [0.1, 0.15) is 10.7 Å². The van der Waals surface area contributed by atoms with Crippen LogP contribution in [0.1, 0.15) is 10.5 Å². The zero-order valence-corrected chi connectivity index (χ0v) is 17.3. The Kier molecular flexibility index (Phi) is 5.67. The number of methoxy groups -OCH3 is 2. The summed E-state index contributed by atoms with van der Waals surface area (Å²) in [5.41, 5.74) is 2.59. The molecule has 7 heteroatoms. The molecular formula is C22H23N3O3S. The van der Waals surface area contributed by atoms with E-state index in [1.807, 2.05) is 46.7 Å². The van der Waals surface area contributed by atoms with E-state index in [1.165, 1.54) is 17.0 Å². The number of thiazole rings is 1. The van der Waals surface area contributed by atoms with Crippen molar-refractivity contribution >= 4 is 22.9 Å². The molecule has 0 atom stereocenters. The van der Waals surface area contributed by atoms with Gasteiger partial charge in [-0.15, -0.1) is 11.3 Å². The van der Waals surface area contributed by atoms with Crippen molar-refractivity contribution in [3.05, 3.63) is 59.6 Å². The summed E-state index contributed by atoms with van der Waals surface area (Å²) in [6.45, 7) is 3.03. The third-order valence-corrected chi connectivity index (χ3v) is 5.93. The van der Waals surface area contributed by atoms with E-state index in [0.717, 1.165) is 23.7 Å². The van der Waals surface area contributed by atoms with E-state index in [1.54, 1.807) is 14.2 Å². The van der Waals surface area contributed by atoms with Crippen molar-refractivity contribution in [3.8, 4) is 22.1 Å². The average Bonchev–Trinajstić information content (AvgIpc) is 3.29. The summed E-state index contributed by atoms with van der Waals surface area (Å²) in [5.74, 6) is 1.30. The molecule has 150 valence electrons. The maximum Gasteiger partial charge on any atom is 0.273 e. The smallest absolute Gasteiger partial charge is 0.273 e. The Labute approximate surface area is 174 Å². The van der Waals surface area contributed by atoms with Gasteiger partial charge in [-0.25, -0.2) is 4.98 Å². The number of hydrogen-bond donors (Lipinski definition) is 0. The zero-order valence-electron chi connectivity index (χ0n) is 16.5. The molecule has 3 aromatic rings. The van der Waals surface area contributed by atoms with Gasteiger partial charge in [0.15, 0.2) is 11.5 Å². The van der Waals surface area contributed by atoms with Crippen LogP contribution in [0.2, 0.25) is 0 Å². The van der Waals surface area contributed by atoms with Crippen LogP contribution in [-0.2, 0) is 0 Å². The number of anilines is 1. The highest BCUT2D eigenvalue weighted by Crippen LogP contribution is 2.33. The number of nitrogens with zero attached hydrogens (tertiary/aromatic N) is 3. The maximum atomic E-state index is 12.9. The summed E-state index contributed by atoms with van der Waals surface area (Å²) in [5, 5.41) is 2.62. The van der Waals surface area contributed by atoms with Crippen molar-refractivity contribution in [1.82, 2.24) is 9.88 Å². The third-order valence-electron chi connectivity index (χ3n) is 5.04. The van der Waals surface area contributed by atoms with Crippen LogP contribution in [0.25, 0.3) is 10.6 Å². The molecule has 0 unspecified atom stereocenters. The quantitative estimate of drug-likeness (QED) is 0.642. The van der Waals surface area contributed by atoms with Crippen LogP contribution >= 0.6 is 11.3 Å². The molecule has 6 nitrogen and oxygen atoms in total. The minimum atomic E-state index is -0.0133. The summed E-state index contributed by atoms with van der Waals surface area (Å²) in [4.78, 5) is 21.7. The predicted octanol–water partition coefficient (Wildman–Crippen LogP) is 3.79. The Bertz CT molecular complexity index is 982. The van der Waals surface area contributed by atoms with Crippen molar-refractivity contribution in [2.24, 2.45) is 0 Å². The molecule has 0 saturated carbocycles. The fourth-order valence-corrected chi connectivity index (χ4v) is 4.23. The molecule has 4 rings (SSSR count). The van der Waals surface area contributed by atoms with Gasteiger partial charge in [0.05, 0.1) is 14.2 Å². The number of piperazine rings is 1. The zero-order chi connectivity index (χ0) is 20.2. The normalized spacial score (nSPS) is 14.0. The highest BCUT2D eigenvalue weighted by atomic mass is 32.1. The van der Waals surface area contributed by atoms with Gasteiger partial charge in [0.25, 0.3) is 5.91 Å². The lowest BCUT2D eigenvalue weighted by atomic mass is 10.2. The number of rotatable bonds is 5. The minimum Gasteiger partial charge on any atom is -0.493 e. The standard InChI is InChI=1S/C22H23N3O3S/c1-27-19-9-8-16(14-20(19)28-2)21-23-18(15-29-21)22(26)25-12-10-24(11-13-25)17-6-4-3-5-7-17/h3-9,14-15H,10-13H2,1-2H3. The second-order valence-electron chi connectivity index (χ2n) is 6.72. The van der Waals surface area contributed by atoms with Gasteiger partial charge in [-0.2, -0.15) is 0 Å². The number of ether oxygens (including phenoxy) is 2. The average molecular weight is 410 g/mol. The second kappa shape index (κ2) is 8.53. The van der Waals surface area contributed by atoms with E-state index in [0.29, 0.717) is 30.3 Å². The van der Waals surface area contributed by atoms with Gasteiger partial charge in [-0.05, 0) is 30.3 Å². The summed E-state index contributed by atoms with van der Waals surface area (Å²) in [6.07, 6.45) is 0. The second-order valence-corrected chi connectivity index (χ2v) is 7.58. The predicted molar refractivity (Wildman–Crippen MR) is 115 cm³/mol. The van der Waals surface area contributed by atoms with Crippen molar-refractivity contribution in [2.45, 2.75) is 0 Å². The summed E-state index contributed by atoms with van der Waals surface area (Å²) in [7, 11) is 3.21. The number of aromatic nitrogens is 1. The Morgan fingerprint density at radius 3 is 2.38 bits per heavy atom. The molecule has 0 aliphatic carbocycles. The van der Waals surface area contributed by atoms with Crippen LogP contribution < -0.4 is 14.4 Å². The number of carbonyl (C=O) groups is 1. The number of benzene rings is 2. The summed E-state index contributed by atoms with van der Waals surface area (Å²) >= 11 is 1.46. The molecule has 0 spiro atoms. The van der Waals surface area contributed by atoms with Crippen molar-refractivity contribution < 1.29 is 14.3 Å². The lowest BCUT2D eigenvalue weighted by Gasteiger charge is -2.35. The van der Waals surface area contributed by atoms with E-state index in [2.05, 4.69) is 22.0 Å². The molecule has 0 radical (unpaired) electrons. The SMILES string of the molecule is COc1ccc(-c2nc(C(=O)N3CCN(c4ccccc4)CC3)cs2)cc1OC. The fraction of sp³-hybridized carbons (Fsp3) is 0.273. The monoisotopic (exact) mass is 409 g/mol. The Morgan fingerprint density at radius 2 is 1.69 bits per heavy atom. The fourth-order valence-electron chi connectivity index (χ4n) is 3.44. The minimum absolute atomic E-state index is 0.0133. The van der Waals surface area contributed by atoms with Crippen LogP contribution in [-0.4, -0.2) is 56.2 Å². The third kappa shape index (κ3) is 4.05. The highest BCUT2D eigenvalue weighted by molar-refractivity contribution is 7.13. The van der Waals surface area contributed by atoms with Crippen LogP contribution in [0.5, 0.6) is 11.5 Å². The Balaban J connectivity index is 1.44. The molecular weight excluding hydrogens is 386 g/mol. The molecule has 1 saturated heterocycles. The molecule has 2 heterocycles. The van der Waals surface area contributed by atoms with E-state index >= 15 is 0 Å². The topological polar surface area (TPSA) is 54.9 Å². The number of hydrogen-bond acceptors (Lipinski definition) is 6. The first-order valence-electron chi connectivity index (χ1n) is 9.47. The van der Waals surface area contributed by atoms with E-state index in [-0.39, 0.29) is 5.91 Å². The lowest BCUT2D eigenvalue weighted by molar-refractivity contribution is 0.0742. The molecule has 1 aliphatic heterocycles. The molecule has 1 aliphatic rings. The van der Waals surface area contributed by atoms with E-state index < -0.39 is 0 Å². The Hall–Kier alpha value is -3.06. The van der Waals surface area contributed by atoms with E-state index in [9.17, 15) is 4.79 Å². The molecule has 0 bridgehead atoms. The molecule has 1 aromatic heterocycles. The first-order valence-corrected chi connectivity index (χ1v) is 10.3. The largest absolute Gasteiger partial charge is 0.493 e. The first-order chi connectivity index (χ1) is 14.2. The van der Waals surface area contributed by atoms with Crippen LogP contribution in [0, 0.1) is 0 Å². The molecule has 29 heavy (non-hydrogen) atoms. The molecule has 1 amide bonds. The summed E-state index contributed by atoms with van der Waals surface area (Å²) < 4.78 is 10.7. The van der Waals surface area contributed by atoms with Gasteiger partial charge >= 0.3 is 0 Å². The van der Waals surface area contributed by atoms with Gasteiger partial charge in [0.2, 0.25) is 0 Å². The number of para-hydroxylation sites is 1. The van der Waals surface area contributed by atoms with Gasteiger partial charge in [-0.3, -0.25) is 4.79 Å². The highest BCUT2D eigenvalue weighted by Gasteiger charge is 2.24. The number of carbonyl (C=O) groups excluding carboxylic acids is 1. The van der Waals surface area contributed by atoms with Crippen molar-refractivity contribution in [2.75, 3.05) is 45.3 Å². The Morgan fingerprint density at radius 1 is 0.966 bits per heavy atom. The van der Waals surface area contributed by atoms with Gasteiger partial charge < -0.3 is 19.3 Å². The van der Waals surface area contributed by atoms with Crippen LogP contribution in [0.3, 0.4) is 0 Å². The molecule has 2 aromatic carbocycles. The van der Waals surface area contributed by atoms with E-state index in [4.69, 9.17) is 9.47 Å². The van der Waals surface area contributed by atoms with Crippen molar-refractivity contribution in [3.63, 3.8) is 0 Å². The van der Waals surface area contributed by atoms with Crippen LogP contribution in [0.4, 0.5) is 5.69 Å². The lowest BCUT2D eigenvalue weighted by Crippen LogP contribution is -2.48. The van der Waals surface area contributed by atoms with Crippen LogP contribution in [0.15, 0.2) is 53.9 Å².